The molecule has 2 heterocycles. The van der Waals surface area contributed by atoms with E-state index in [-0.39, 0.29) is 156 Å². The van der Waals surface area contributed by atoms with Gasteiger partial charge in [0.15, 0.2) is 0 Å². The van der Waals surface area contributed by atoms with Crippen molar-refractivity contribution >= 4 is 47.8 Å². The number of carboxylic acid groups (broad SMARTS) is 8. The molecule has 0 amide bonds. The molecule has 2 aliphatic heterocycles. The van der Waals surface area contributed by atoms with E-state index in [0.717, 1.165) is 0 Å². The predicted octanol–water partition coefficient (Wildman–Crippen LogP) is -18.1. The van der Waals surface area contributed by atoms with Gasteiger partial charge in [-0.25, -0.2) is 0 Å². The summed E-state index contributed by atoms with van der Waals surface area (Å²) < 4.78 is 0. The Morgan fingerprint density at radius 3 is 0.545 bits per heavy atom. The first kappa shape index (κ1) is 70.1. The van der Waals surface area contributed by atoms with Crippen molar-refractivity contribution in [2.45, 2.75) is 51.4 Å². The van der Waals surface area contributed by atoms with Crippen molar-refractivity contribution in [1.29, 1.82) is 0 Å². The summed E-state index contributed by atoms with van der Waals surface area (Å²) in [6.45, 7) is 5.00. The third-order valence-corrected chi connectivity index (χ3v) is 2.67. The number of rotatable bonds is 12. The molecule has 236 valence electrons. The molecular formula is C20H36N4Na4O16. The molecule has 0 aromatic heterocycles. The number of hydrogen-bond acceptors (Lipinski definition) is 16. The zero-order valence-corrected chi connectivity index (χ0v) is 33.6. The van der Waals surface area contributed by atoms with E-state index in [4.69, 9.17) is 20.4 Å². The summed E-state index contributed by atoms with van der Waals surface area (Å²) in [5.74, 6) is -9.77. The largest absolute Gasteiger partial charge is 1.00 e. The van der Waals surface area contributed by atoms with Crippen molar-refractivity contribution in [2.75, 3.05) is 26.2 Å². The van der Waals surface area contributed by atoms with Crippen molar-refractivity contribution < 1.29 is 197 Å². The molecule has 0 spiro atoms. The van der Waals surface area contributed by atoms with Crippen LogP contribution in [0.3, 0.4) is 0 Å². The Morgan fingerprint density at radius 2 is 0.500 bits per heavy atom. The Hall–Kier alpha value is -0.400. The quantitative estimate of drug-likeness (QED) is 0.0700. The molecule has 0 radical (unpaired) electrons. The van der Waals surface area contributed by atoms with Crippen LogP contribution in [0.2, 0.25) is 0 Å². The van der Waals surface area contributed by atoms with E-state index in [2.05, 4.69) is 10.6 Å². The average Bonchev–Trinajstić information content (AvgIpc) is 3.66. The molecule has 0 saturated carbocycles. The van der Waals surface area contributed by atoms with Crippen molar-refractivity contribution in [3.63, 3.8) is 0 Å². The van der Waals surface area contributed by atoms with Gasteiger partial charge >= 0.3 is 142 Å². The zero-order chi connectivity index (χ0) is 30.5. The number of carbonyl (C=O) groups is 8. The molecule has 2 aliphatic rings. The summed E-state index contributed by atoms with van der Waals surface area (Å²) in [5.41, 5.74) is 0. The molecule has 12 N–H and O–H groups in total. The maximum atomic E-state index is 9.64. The third kappa shape index (κ3) is 147. The molecule has 0 aromatic carbocycles. The van der Waals surface area contributed by atoms with Crippen LogP contribution in [0, 0.1) is 0 Å². The van der Waals surface area contributed by atoms with Gasteiger partial charge in [0, 0.05) is 50.1 Å². The van der Waals surface area contributed by atoms with E-state index >= 15 is 0 Å². The van der Waals surface area contributed by atoms with Crippen LogP contribution in [-0.4, -0.2) is 94.4 Å². The van der Waals surface area contributed by atoms with Crippen LogP contribution in [-0.2, 0) is 38.4 Å². The topological polar surface area (TPSA) is 424 Å². The Bertz CT molecular complexity index is 597. The van der Waals surface area contributed by atoms with Gasteiger partial charge in [0.05, 0.1) is 25.7 Å². The number of aliphatic carboxylic acids is 8. The first-order valence-corrected chi connectivity index (χ1v) is 10.6. The second-order valence-corrected chi connectivity index (χ2v) is 6.56. The van der Waals surface area contributed by atoms with Crippen molar-refractivity contribution in [2.24, 2.45) is 0 Å². The molecule has 44 heavy (non-hydrogen) atoms. The van der Waals surface area contributed by atoms with Crippen LogP contribution >= 0.6 is 0 Å². The molecule has 0 unspecified atom stereocenters. The fourth-order valence-corrected chi connectivity index (χ4v) is 0.836. The maximum Gasteiger partial charge on any atom is 1.00 e. The van der Waals surface area contributed by atoms with E-state index in [1.807, 2.05) is 0 Å². The molecule has 0 bridgehead atoms. The van der Waals surface area contributed by atoms with E-state index < -0.39 is 73.4 Å². The van der Waals surface area contributed by atoms with Crippen LogP contribution in [0.4, 0.5) is 0 Å². The van der Waals surface area contributed by atoms with Crippen LogP contribution in [0.25, 0.3) is 0 Å². The monoisotopic (exact) mass is 680 g/mol. The van der Waals surface area contributed by atoms with E-state index in [0.29, 0.717) is 0 Å². The molecule has 24 heteroatoms. The summed E-state index contributed by atoms with van der Waals surface area (Å²) in [4.78, 5) is 76.6. The average molecular weight is 680 g/mol. The molecule has 20 nitrogen and oxygen atoms in total. The van der Waals surface area contributed by atoms with Gasteiger partial charge in [-0.1, -0.05) is 0 Å². The Balaban J connectivity index is -0.0000000393. The number of nitrogens with one attached hydrogen (secondary N) is 2. The third-order valence-electron chi connectivity index (χ3n) is 2.67. The van der Waals surface area contributed by atoms with Crippen molar-refractivity contribution in [1.82, 2.24) is 22.9 Å². The van der Waals surface area contributed by atoms with Gasteiger partial charge in [0.1, 0.15) is 0 Å². The van der Waals surface area contributed by atoms with Gasteiger partial charge in [-0.05, 0) is 25.7 Å². The van der Waals surface area contributed by atoms with Gasteiger partial charge in [-0.3, -0.25) is 19.2 Å². The Morgan fingerprint density at radius 1 is 0.386 bits per heavy atom. The van der Waals surface area contributed by atoms with E-state index in [1.165, 1.54) is 26.2 Å². The van der Waals surface area contributed by atoms with Crippen molar-refractivity contribution in [3.05, 3.63) is 0 Å². The Labute approximate surface area is 341 Å². The molecule has 0 aliphatic carbocycles. The first-order chi connectivity index (χ1) is 17.5. The van der Waals surface area contributed by atoms with Gasteiger partial charge in [0.2, 0.25) is 0 Å². The molecule has 2 saturated heterocycles. The second-order valence-electron chi connectivity index (χ2n) is 6.56. The summed E-state index contributed by atoms with van der Waals surface area (Å²) in [6.07, 6.45) is -3.06. The summed E-state index contributed by atoms with van der Waals surface area (Å²) >= 11 is 0. The van der Waals surface area contributed by atoms with Crippen molar-refractivity contribution in [3.8, 4) is 0 Å². The SMILES string of the molecule is C1CN1.C1CN1.N.N.O=C(O)CCC(=O)O.O=C(O)CCC(=O)O.O=C([O-])CCC(=O)[O-].O=C([O-])CCC(=O)[O-].[Na+].[Na+].[Na+].[Na+]. The van der Waals surface area contributed by atoms with Gasteiger partial charge < -0.3 is 83.0 Å². The van der Waals surface area contributed by atoms with E-state index in [9.17, 15) is 58.8 Å². The maximum absolute atomic E-state index is 9.64. The minimum Gasteiger partial charge on any atom is -0.550 e. The molecule has 2 rings (SSSR count). The fourth-order valence-electron chi connectivity index (χ4n) is 0.836. The van der Waals surface area contributed by atoms with Crippen LogP contribution in [0.1, 0.15) is 51.4 Å². The molecule has 0 aromatic rings. The number of carboxylic acids is 8. The van der Waals surface area contributed by atoms with Gasteiger partial charge in [-0.2, -0.15) is 0 Å². The summed E-state index contributed by atoms with van der Waals surface area (Å²) in [7, 11) is 0. The van der Waals surface area contributed by atoms with Gasteiger partial charge in [0.25, 0.3) is 0 Å². The molecule has 2 fully saturated rings. The summed E-state index contributed by atoms with van der Waals surface area (Å²) in [5, 5.41) is 75.6. The standard InChI is InChI=1S/4C4H6O4.2C2H5N.2H3N.4Na/c4*5-3(6)1-2-4(7)8;2*1-2-3-1;;;;;;/h4*1-2H2,(H,5,6)(H,7,8);2*3H,1-2H2;2*1H3;;;;/q;;;;;;;;4*+1/p-4. The zero-order valence-electron chi connectivity index (χ0n) is 25.6. The predicted molar refractivity (Wildman–Crippen MR) is 123 cm³/mol. The smallest absolute Gasteiger partial charge is 0.550 e. The van der Waals surface area contributed by atoms with Gasteiger partial charge in [-0.15, -0.1) is 0 Å². The first-order valence-electron chi connectivity index (χ1n) is 10.6. The summed E-state index contributed by atoms with van der Waals surface area (Å²) in [6, 6.07) is 0. The molecule has 0 atom stereocenters. The normalized spacial score (nSPS) is 9.45. The second kappa shape index (κ2) is 52.1. The fraction of sp³-hybridized carbons (Fsp3) is 0.600. The van der Waals surface area contributed by atoms with Crippen LogP contribution in [0.15, 0.2) is 0 Å². The van der Waals surface area contributed by atoms with Crippen LogP contribution < -0.4 is 162 Å². The van der Waals surface area contributed by atoms with Crippen LogP contribution in [0.5, 0.6) is 0 Å². The van der Waals surface area contributed by atoms with E-state index in [1.54, 1.807) is 0 Å². The number of carbonyl (C=O) groups excluding carboxylic acids is 4. The Kier molecular flexibility index (Phi) is 83.1. The molecular weight excluding hydrogens is 644 g/mol. The minimum absolute atomic E-state index is 0. The minimum atomic E-state index is -1.37. The number of hydrogen-bond donors (Lipinski definition) is 8.